The van der Waals surface area contributed by atoms with Gasteiger partial charge in [-0.3, -0.25) is 14.4 Å². The first-order chi connectivity index (χ1) is 12.3. The molecule has 6 nitrogen and oxygen atoms in total. The predicted molar refractivity (Wildman–Crippen MR) is 101 cm³/mol. The maximum atomic E-state index is 12.6. The summed E-state index contributed by atoms with van der Waals surface area (Å²) in [7, 11) is 0. The van der Waals surface area contributed by atoms with Crippen LogP contribution < -0.4 is 10.6 Å². The number of ketones is 1. The van der Waals surface area contributed by atoms with Crippen LogP contribution in [0, 0.1) is 6.92 Å². The number of benzene rings is 1. The molecule has 0 saturated heterocycles. The molecule has 2 amide bonds. The lowest BCUT2D eigenvalue weighted by atomic mass is 10.0. The van der Waals surface area contributed by atoms with E-state index in [0.29, 0.717) is 29.9 Å². The minimum Gasteiger partial charge on any atom is -0.354 e. The number of hydrogen-bond acceptors (Lipinski definition) is 3. The maximum absolute atomic E-state index is 12.6. The molecule has 6 heteroatoms. The van der Waals surface area contributed by atoms with E-state index < -0.39 is 0 Å². The van der Waals surface area contributed by atoms with Crippen LogP contribution in [0.5, 0.6) is 0 Å². The number of nitrogens with one attached hydrogen (secondary N) is 3. The Morgan fingerprint density at radius 3 is 2.50 bits per heavy atom. The van der Waals surface area contributed by atoms with Gasteiger partial charge < -0.3 is 15.6 Å². The number of carbonyl (C=O) groups excluding carboxylic acids is 3. The van der Waals surface area contributed by atoms with Crippen molar-refractivity contribution >= 4 is 23.3 Å². The number of rotatable bonds is 7. The molecule has 2 rings (SSSR count). The van der Waals surface area contributed by atoms with Crippen LogP contribution in [-0.2, 0) is 17.8 Å². The molecule has 0 atom stereocenters. The molecule has 0 saturated carbocycles. The molecule has 0 spiro atoms. The van der Waals surface area contributed by atoms with Gasteiger partial charge in [-0.15, -0.1) is 0 Å². The highest BCUT2D eigenvalue weighted by Gasteiger charge is 2.21. The van der Waals surface area contributed by atoms with Crippen LogP contribution in [0.15, 0.2) is 24.3 Å². The normalized spacial score (nSPS) is 10.5. The van der Waals surface area contributed by atoms with Crippen molar-refractivity contribution in [3.63, 3.8) is 0 Å². The average Bonchev–Trinajstić information content (AvgIpc) is 2.89. The first-order valence-electron chi connectivity index (χ1n) is 8.70. The zero-order valence-corrected chi connectivity index (χ0v) is 15.7. The van der Waals surface area contributed by atoms with Crippen molar-refractivity contribution in [3.05, 3.63) is 52.3 Å². The highest BCUT2D eigenvalue weighted by molar-refractivity contribution is 6.02. The Kier molecular flexibility index (Phi) is 6.33. The van der Waals surface area contributed by atoms with Crippen LogP contribution in [0.1, 0.15) is 64.9 Å². The van der Waals surface area contributed by atoms with Gasteiger partial charge in [0.1, 0.15) is 5.69 Å². The van der Waals surface area contributed by atoms with E-state index in [1.165, 1.54) is 13.8 Å². The Hall–Kier alpha value is -2.89. The summed E-state index contributed by atoms with van der Waals surface area (Å²) >= 11 is 0. The fourth-order valence-corrected chi connectivity index (χ4v) is 3.08. The molecule has 3 N–H and O–H groups in total. The van der Waals surface area contributed by atoms with E-state index in [2.05, 4.69) is 15.6 Å². The SMILES string of the molecule is CCCc1c(C(=O)NCc2cccc(NC(C)=O)c2)[nH]c(C)c1C(C)=O. The standard InChI is InChI=1S/C20H25N3O3/c1-5-7-17-18(13(3)24)12(2)22-19(17)20(26)21-11-15-8-6-9-16(10-15)23-14(4)25/h6,8-10,22H,5,7,11H2,1-4H3,(H,21,26)(H,23,25). The Balaban J connectivity index is 2.17. The Labute approximate surface area is 153 Å². The lowest BCUT2D eigenvalue weighted by Gasteiger charge is -2.09. The molecule has 0 aliphatic heterocycles. The molecule has 138 valence electrons. The van der Waals surface area contributed by atoms with Crippen LogP contribution in [-0.4, -0.2) is 22.6 Å². The number of amides is 2. The van der Waals surface area contributed by atoms with Crippen molar-refractivity contribution in [1.82, 2.24) is 10.3 Å². The molecule has 0 bridgehead atoms. The summed E-state index contributed by atoms with van der Waals surface area (Å²) in [6.45, 7) is 7.12. The lowest BCUT2D eigenvalue weighted by molar-refractivity contribution is -0.114. The van der Waals surface area contributed by atoms with Crippen molar-refractivity contribution in [3.8, 4) is 0 Å². The van der Waals surface area contributed by atoms with Crippen LogP contribution in [0.3, 0.4) is 0 Å². The van der Waals surface area contributed by atoms with Gasteiger partial charge in [-0.25, -0.2) is 0 Å². The lowest BCUT2D eigenvalue weighted by Crippen LogP contribution is -2.24. The summed E-state index contributed by atoms with van der Waals surface area (Å²) in [5.41, 5.74) is 4.13. The zero-order chi connectivity index (χ0) is 19.3. The van der Waals surface area contributed by atoms with E-state index in [0.717, 1.165) is 23.2 Å². The predicted octanol–water partition coefficient (Wildman–Crippen LogP) is 3.37. The number of anilines is 1. The minimum atomic E-state index is -0.242. The van der Waals surface area contributed by atoms with Gasteiger partial charge >= 0.3 is 0 Å². The van der Waals surface area contributed by atoms with Gasteiger partial charge in [-0.05, 0) is 43.5 Å². The molecule has 0 fully saturated rings. The molecule has 0 radical (unpaired) electrons. The summed E-state index contributed by atoms with van der Waals surface area (Å²) in [6, 6.07) is 7.30. The maximum Gasteiger partial charge on any atom is 0.268 e. The van der Waals surface area contributed by atoms with Crippen molar-refractivity contribution in [2.45, 2.75) is 47.1 Å². The number of H-pyrrole nitrogens is 1. The smallest absolute Gasteiger partial charge is 0.268 e. The molecule has 2 aromatic rings. The van der Waals surface area contributed by atoms with Gasteiger partial charge in [0.2, 0.25) is 5.91 Å². The monoisotopic (exact) mass is 355 g/mol. The molecular formula is C20H25N3O3. The van der Waals surface area contributed by atoms with E-state index in [9.17, 15) is 14.4 Å². The quantitative estimate of drug-likeness (QED) is 0.665. The van der Waals surface area contributed by atoms with E-state index >= 15 is 0 Å². The highest BCUT2D eigenvalue weighted by Crippen LogP contribution is 2.21. The molecule has 26 heavy (non-hydrogen) atoms. The first kappa shape index (κ1) is 19.4. The fraction of sp³-hybridized carbons (Fsp3) is 0.350. The number of aryl methyl sites for hydroxylation is 1. The van der Waals surface area contributed by atoms with Crippen molar-refractivity contribution in [2.24, 2.45) is 0 Å². The summed E-state index contributed by atoms with van der Waals surface area (Å²) in [4.78, 5) is 38.8. The van der Waals surface area contributed by atoms with Gasteiger partial charge in [0.25, 0.3) is 5.91 Å². The van der Waals surface area contributed by atoms with E-state index in [1.54, 1.807) is 6.07 Å². The Morgan fingerprint density at radius 2 is 1.88 bits per heavy atom. The van der Waals surface area contributed by atoms with Gasteiger partial charge in [-0.1, -0.05) is 25.5 Å². The van der Waals surface area contributed by atoms with Crippen LogP contribution in [0.4, 0.5) is 5.69 Å². The topological polar surface area (TPSA) is 91.1 Å². The van der Waals surface area contributed by atoms with Gasteiger partial charge in [0, 0.05) is 30.4 Å². The fourth-order valence-electron chi connectivity index (χ4n) is 3.08. The zero-order valence-electron chi connectivity index (χ0n) is 15.7. The second-order valence-corrected chi connectivity index (χ2v) is 6.35. The number of Topliss-reactive ketones (excluding diaryl/α,β-unsaturated/α-hetero) is 1. The first-order valence-corrected chi connectivity index (χ1v) is 8.70. The van der Waals surface area contributed by atoms with Crippen molar-refractivity contribution < 1.29 is 14.4 Å². The molecule has 1 aromatic heterocycles. The number of carbonyl (C=O) groups is 3. The van der Waals surface area contributed by atoms with E-state index in [-0.39, 0.29) is 17.6 Å². The molecule has 0 aliphatic rings. The van der Waals surface area contributed by atoms with Crippen LogP contribution in [0.25, 0.3) is 0 Å². The van der Waals surface area contributed by atoms with Crippen molar-refractivity contribution in [1.29, 1.82) is 0 Å². The summed E-state index contributed by atoms with van der Waals surface area (Å²) in [5, 5.41) is 5.60. The number of aromatic amines is 1. The third-order valence-electron chi connectivity index (χ3n) is 4.07. The number of aromatic nitrogens is 1. The van der Waals surface area contributed by atoms with Gasteiger partial charge in [-0.2, -0.15) is 0 Å². The molecule has 0 aliphatic carbocycles. The van der Waals surface area contributed by atoms with Gasteiger partial charge in [0.05, 0.1) is 0 Å². The van der Waals surface area contributed by atoms with Crippen LogP contribution in [0.2, 0.25) is 0 Å². The summed E-state index contributed by atoms with van der Waals surface area (Å²) in [6.07, 6.45) is 1.51. The minimum absolute atomic E-state index is 0.0377. The largest absolute Gasteiger partial charge is 0.354 e. The molecule has 0 unspecified atom stereocenters. The summed E-state index contributed by atoms with van der Waals surface area (Å²) in [5.74, 6) is -0.424. The number of hydrogen-bond donors (Lipinski definition) is 3. The molecular weight excluding hydrogens is 330 g/mol. The Morgan fingerprint density at radius 1 is 1.15 bits per heavy atom. The van der Waals surface area contributed by atoms with Crippen molar-refractivity contribution in [2.75, 3.05) is 5.32 Å². The van der Waals surface area contributed by atoms with Gasteiger partial charge in [0.15, 0.2) is 5.78 Å². The molecule has 1 heterocycles. The third-order valence-corrected chi connectivity index (χ3v) is 4.07. The second-order valence-electron chi connectivity index (χ2n) is 6.35. The highest BCUT2D eigenvalue weighted by atomic mass is 16.2. The van der Waals surface area contributed by atoms with E-state index in [1.807, 2.05) is 32.0 Å². The van der Waals surface area contributed by atoms with E-state index in [4.69, 9.17) is 0 Å². The van der Waals surface area contributed by atoms with Crippen LogP contribution >= 0.6 is 0 Å². The average molecular weight is 355 g/mol. The second kappa shape index (κ2) is 8.47. The summed E-state index contributed by atoms with van der Waals surface area (Å²) < 4.78 is 0. The molecule has 1 aromatic carbocycles. The Bertz CT molecular complexity index is 837. The third kappa shape index (κ3) is 4.59.